The summed E-state index contributed by atoms with van der Waals surface area (Å²) in [5.74, 6) is 1.25. The van der Waals surface area contributed by atoms with Crippen LogP contribution in [-0.4, -0.2) is 47.8 Å². The molecule has 0 bridgehead atoms. The van der Waals surface area contributed by atoms with E-state index in [-0.39, 0.29) is 17.9 Å². The first-order valence-electron chi connectivity index (χ1n) is 11.8. The molecule has 5 rings (SSSR count). The Balaban J connectivity index is 1.30. The number of carbonyl (C=O) groups is 1. The van der Waals surface area contributed by atoms with E-state index in [9.17, 15) is 4.79 Å². The van der Waals surface area contributed by atoms with Crippen LogP contribution in [0.5, 0.6) is 0 Å². The smallest absolute Gasteiger partial charge is 0.223 e. The minimum atomic E-state index is 0.0712. The Kier molecular flexibility index (Phi) is 6.12. The lowest BCUT2D eigenvalue weighted by Gasteiger charge is -2.32. The quantitative estimate of drug-likeness (QED) is 0.642. The van der Waals surface area contributed by atoms with E-state index in [2.05, 4.69) is 64.2 Å². The van der Waals surface area contributed by atoms with Gasteiger partial charge in [-0.15, -0.1) is 0 Å². The lowest BCUT2D eigenvalue weighted by Crippen LogP contribution is -2.43. The summed E-state index contributed by atoms with van der Waals surface area (Å²) in [4.78, 5) is 20.0. The Morgan fingerprint density at radius 3 is 2.66 bits per heavy atom. The first-order chi connectivity index (χ1) is 15.7. The molecule has 1 aromatic heterocycles. The Morgan fingerprint density at radius 2 is 1.88 bits per heavy atom. The lowest BCUT2D eigenvalue weighted by atomic mass is 9.96. The lowest BCUT2D eigenvalue weighted by molar-refractivity contribution is -0.126. The van der Waals surface area contributed by atoms with Crippen molar-refractivity contribution in [1.82, 2.24) is 14.9 Å². The molecule has 1 atom stereocenters. The summed E-state index contributed by atoms with van der Waals surface area (Å²) in [6.45, 7) is 6.11. The van der Waals surface area contributed by atoms with Crippen molar-refractivity contribution >= 4 is 22.9 Å². The summed E-state index contributed by atoms with van der Waals surface area (Å²) in [6.07, 6.45) is 4.05. The number of amides is 1. The Morgan fingerprint density at radius 1 is 1.09 bits per heavy atom. The van der Waals surface area contributed by atoms with E-state index >= 15 is 0 Å². The van der Waals surface area contributed by atoms with E-state index in [0.717, 1.165) is 68.9 Å². The third-order valence-corrected chi connectivity index (χ3v) is 6.90. The van der Waals surface area contributed by atoms with Gasteiger partial charge in [-0.25, -0.2) is 4.98 Å². The average Bonchev–Trinajstić information content (AvgIpc) is 3.47. The number of fused-ring (bicyclic) bond motifs is 1. The van der Waals surface area contributed by atoms with Crippen molar-refractivity contribution in [3.8, 4) is 0 Å². The molecule has 0 saturated carbocycles. The van der Waals surface area contributed by atoms with E-state index in [4.69, 9.17) is 9.72 Å². The highest BCUT2D eigenvalue weighted by Gasteiger charge is 2.28. The molecule has 0 unspecified atom stereocenters. The van der Waals surface area contributed by atoms with E-state index in [1.54, 1.807) is 0 Å². The van der Waals surface area contributed by atoms with Gasteiger partial charge < -0.3 is 19.5 Å². The molecular weight excluding hydrogens is 400 g/mol. The van der Waals surface area contributed by atoms with Crippen LogP contribution in [0.15, 0.2) is 48.5 Å². The highest BCUT2D eigenvalue weighted by atomic mass is 16.5. The number of rotatable bonds is 6. The summed E-state index contributed by atoms with van der Waals surface area (Å²) < 4.78 is 7.96. The van der Waals surface area contributed by atoms with Crippen LogP contribution in [0.4, 0.5) is 5.95 Å². The second kappa shape index (κ2) is 9.33. The molecule has 32 heavy (non-hydrogen) atoms. The van der Waals surface area contributed by atoms with Gasteiger partial charge in [-0.1, -0.05) is 36.4 Å². The first-order valence-corrected chi connectivity index (χ1v) is 11.8. The molecule has 0 radical (unpaired) electrons. The molecule has 0 spiro atoms. The zero-order chi connectivity index (χ0) is 21.9. The van der Waals surface area contributed by atoms with Gasteiger partial charge in [0.05, 0.1) is 23.7 Å². The number of hydrogen-bond donors (Lipinski definition) is 1. The van der Waals surface area contributed by atoms with E-state index in [1.165, 1.54) is 11.1 Å². The number of anilines is 1. The summed E-state index contributed by atoms with van der Waals surface area (Å²) >= 11 is 0. The topological polar surface area (TPSA) is 59.4 Å². The molecular formula is C26H32N4O2. The number of hydrogen-bond acceptors (Lipinski definition) is 4. The largest absolute Gasteiger partial charge is 0.376 e. The molecule has 0 aliphatic carbocycles. The molecule has 2 saturated heterocycles. The monoisotopic (exact) mass is 432 g/mol. The fourth-order valence-corrected chi connectivity index (χ4v) is 4.92. The fourth-order valence-electron chi connectivity index (χ4n) is 4.92. The molecule has 3 aromatic rings. The fraction of sp³-hybridized carbons (Fsp3) is 0.462. The number of carbonyl (C=O) groups excluding carboxylic acids is 1. The van der Waals surface area contributed by atoms with Gasteiger partial charge in [-0.3, -0.25) is 4.79 Å². The SMILES string of the molecule is Cc1ccccc1Cn1c(N2CCC(C(=O)NC[C@H]3CCCO3)CC2)nc2ccccc21. The zero-order valence-corrected chi connectivity index (χ0v) is 18.8. The summed E-state index contributed by atoms with van der Waals surface area (Å²) in [5.41, 5.74) is 4.77. The molecule has 2 aromatic carbocycles. The molecule has 3 heterocycles. The maximum absolute atomic E-state index is 12.7. The predicted octanol–water partition coefficient (Wildman–Crippen LogP) is 3.90. The number of nitrogens with zero attached hydrogens (tertiary/aromatic N) is 3. The molecule has 6 nitrogen and oxygen atoms in total. The normalized spacial score (nSPS) is 19.5. The van der Waals surface area contributed by atoms with E-state index in [1.807, 2.05) is 6.07 Å². The van der Waals surface area contributed by atoms with Crippen molar-refractivity contribution in [1.29, 1.82) is 0 Å². The minimum absolute atomic E-state index is 0.0712. The van der Waals surface area contributed by atoms with Crippen molar-refractivity contribution in [3.63, 3.8) is 0 Å². The van der Waals surface area contributed by atoms with Crippen molar-refractivity contribution in [2.45, 2.75) is 45.3 Å². The molecule has 168 valence electrons. The van der Waals surface area contributed by atoms with Crippen LogP contribution >= 0.6 is 0 Å². The number of benzene rings is 2. The predicted molar refractivity (Wildman–Crippen MR) is 127 cm³/mol. The van der Waals surface area contributed by atoms with Gasteiger partial charge in [-0.05, 0) is 55.9 Å². The summed E-state index contributed by atoms with van der Waals surface area (Å²) in [7, 11) is 0. The van der Waals surface area contributed by atoms with Gasteiger partial charge in [-0.2, -0.15) is 0 Å². The number of imidazole rings is 1. The van der Waals surface area contributed by atoms with Crippen molar-refractivity contribution in [3.05, 3.63) is 59.7 Å². The highest BCUT2D eigenvalue weighted by molar-refractivity contribution is 5.80. The number of aromatic nitrogens is 2. The Bertz CT molecular complexity index is 1080. The number of ether oxygens (including phenoxy) is 1. The van der Waals surface area contributed by atoms with Crippen LogP contribution < -0.4 is 10.2 Å². The van der Waals surface area contributed by atoms with Crippen LogP contribution in [0.3, 0.4) is 0 Å². The van der Waals surface area contributed by atoms with Gasteiger partial charge in [0, 0.05) is 32.2 Å². The molecule has 2 aliphatic heterocycles. The van der Waals surface area contributed by atoms with Crippen molar-refractivity contribution in [2.75, 3.05) is 31.1 Å². The van der Waals surface area contributed by atoms with Crippen LogP contribution in [0, 0.1) is 12.8 Å². The van der Waals surface area contributed by atoms with Crippen LogP contribution in [0.25, 0.3) is 11.0 Å². The number of piperidine rings is 1. The maximum Gasteiger partial charge on any atom is 0.223 e. The van der Waals surface area contributed by atoms with Gasteiger partial charge in [0.15, 0.2) is 0 Å². The number of para-hydroxylation sites is 2. The van der Waals surface area contributed by atoms with Crippen molar-refractivity contribution < 1.29 is 9.53 Å². The highest BCUT2D eigenvalue weighted by Crippen LogP contribution is 2.28. The van der Waals surface area contributed by atoms with Crippen LogP contribution in [-0.2, 0) is 16.1 Å². The first kappa shape index (κ1) is 21.0. The second-order valence-corrected chi connectivity index (χ2v) is 9.05. The van der Waals surface area contributed by atoms with Gasteiger partial charge in [0.1, 0.15) is 0 Å². The third kappa shape index (κ3) is 4.37. The average molecular weight is 433 g/mol. The van der Waals surface area contributed by atoms with E-state index in [0.29, 0.717) is 6.54 Å². The summed E-state index contributed by atoms with van der Waals surface area (Å²) in [5, 5.41) is 3.12. The second-order valence-electron chi connectivity index (χ2n) is 9.05. The van der Waals surface area contributed by atoms with Crippen LogP contribution in [0.2, 0.25) is 0 Å². The number of aryl methyl sites for hydroxylation is 1. The minimum Gasteiger partial charge on any atom is -0.376 e. The molecule has 6 heteroatoms. The summed E-state index contributed by atoms with van der Waals surface area (Å²) in [6, 6.07) is 16.9. The van der Waals surface area contributed by atoms with Crippen LogP contribution in [0.1, 0.15) is 36.8 Å². The third-order valence-electron chi connectivity index (χ3n) is 6.90. The Labute approximate surface area is 189 Å². The van der Waals surface area contributed by atoms with Gasteiger partial charge in [0.25, 0.3) is 0 Å². The number of nitrogens with one attached hydrogen (secondary N) is 1. The van der Waals surface area contributed by atoms with Crippen molar-refractivity contribution in [2.24, 2.45) is 5.92 Å². The molecule has 1 N–H and O–H groups in total. The standard InChI is InChI=1S/C26H32N4O2/c1-19-7-2-3-8-21(19)18-30-24-11-5-4-10-23(24)28-26(30)29-14-12-20(13-15-29)25(31)27-17-22-9-6-16-32-22/h2-5,7-8,10-11,20,22H,6,9,12-18H2,1H3,(H,27,31)/t22-/m1/s1. The maximum atomic E-state index is 12.7. The Hall–Kier alpha value is -2.86. The molecule has 2 fully saturated rings. The van der Waals surface area contributed by atoms with Gasteiger partial charge >= 0.3 is 0 Å². The van der Waals surface area contributed by atoms with E-state index < -0.39 is 0 Å². The zero-order valence-electron chi connectivity index (χ0n) is 18.8. The molecule has 2 aliphatic rings. The van der Waals surface area contributed by atoms with Gasteiger partial charge in [0.2, 0.25) is 11.9 Å². The molecule has 1 amide bonds.